The molecule has 1 atom stereocenters. The van der Waals surface area contributed by atoms with E-state index in [-0.39, 0.29) is 23.7 Å². The Morgan fingerprint density at radius 3 is 2.42 bits per heavy atom. The lowest BCUT2D eigenvalue weighted by molar-refractivity contribution is 0.0237. The molecule has 0 saturated carbocycles. The number of benzene rings is 2. The van der Waals surface area contributed by atoms with Crippen LogP contribution in [-0.4, -0.2) is 62.3 Å². The van der Waals surface area contributed by atoms with E-state index in [1.54, 1.807) is 49.3 Å². The fourth-order valence-corrected chi connectivity index (χ4v) is 4.07. The first-order chi connectivity index (χ1) is 17.0. The number of nitrogens with zero attached hydrogens (tertiary/aromatic N) is 3. The molecule has 1 fully saturated rings. The monoisotopic (exact) mass is 499 g/mol. The van der Waals surface area contributed by atoms with E-state index in [1.165, 1.54) is 11.0 Å². The predicted molar refractivity (Wildman–Crippen MR) is 141 cm³/mol. The zero-order valence-electron chi connectivity index (χ0n) is 22.2. The molecule has 1 unspecified atom stereocenters. The lowest BCUT2D eigenvalue weighted by Crippen LogP contribution is -2.42. The minimum Gasteiger partial charge on any atom is -0.494 e. The highest BCUT2D eigenvalue weighted by molar-refractivity contribution is 6.05. The van der Waals surface area contributed by atoms with Gasteiger partial charge in [0.15, 0.2) is 0 Å². The molecule has 0 bridgehead atoms. The number of hydrogen-bond acceptors (Lipinski definition) is 5. The minimum atomic E-state index is -0.559. The number of rotatable bonds is 8. The Labute approximate surface area is 213 Å². The Hall–Kier alpha value is -3.29. The molecule has 1 aliphatic heterocycles. The molecule has 1 saturated heterocycles. The minimum absolute atomic E-state index is 0.0271. The van der Waals surface area contributed by atoms with Gasteiger partial charge in [-0.1, -0.05) is 13.3 Å². The van der Waals surface area contributed by atoms with Crippen LogP contribution in [0.15, 0.2) is 42.5 Å². The van der Waals surface area contributed by atoms with E-state index in [1.807, 2.05) is 31.7 Å². The highest BCUT2D eigenvalue weighted by atomic mass is 19.1. The van der Waals surface area contributed by atoms with Gasteiger partial charge in [-0.15, -0.1) is 0 Å². The first kappa shape index (κ1) is 27.3. The second-order valence-electron chi connectivity index (χ2n) is 10.2. The van der Waals surface area contributed by atoms with Gasteiger partial charge in [0.05, 0.1) is 18.3 Å². The van der Waals surface area contributed by atoms with Crippen LogP contribution in [0.4, 0.5) is 20.6 Å². The summed E-state index contributed by atoms with van der Waals surface area (Å²) in [6, 6.07) is 11.7. The molecule has 196 valence electrons. The lowest BCUT2D eigenvalue weighted by atomic mass is 10.1. The molecule has 8 heteroatoms. The number of ether oxygens (including phenoxy) is 2. The average molecular weight is 500 g/mol. The standard InChI is InChI=1S/C28H38FN3O4/c1-7-8-17-35-23-12-9-20(10-13-23)26(33)31(6)25-14-11-21(18-24(25)29)32-16-15-22(19-32)30(5)27(34)36-28(2,3)4/h9-14,18,22H,7-8,15-17,19H2,1-6H3. The van der Waals surface area contributed by atoms with Gasteiger partial charge in [0.25, 0.3) is 5.91 Å². The van der Waals surface area contributed by atoms with Crippen molar-refractivity contribution in [2.45, 2.75) is 58.6 Å². The molecule has 3 rings (SSSR count). The van der Waals surface area contributed by atoms with E-state index in [4.69, 9.17) is 9.47 Å². The Bertz CT molecular complexity index is 1050. The van der Waals surface area contributed by atoms with Gasteiger partial charge >= 0.3 is 6.09 Å². The van der Waals surface area contributed by atoms with Crippen LogP contribution in [0.1, 0.15) is 57.3 Å². The van der Waals surface area contributed by atoms with Gasteiger partial charge in [-0.2, -0.15) is 0 Å². The summed E-state index contributed by atoms with van der Waals surface area (Å²) in [6.45, 7) is 9.52. The number of anilines is 2. The quantitative estimate of drug-likeness (QED) is 0.434. The van der Waals surface area contributed by atoms with Crippen LogP contribution in [0.25, 0.3) is 0 Å². The van der Waals surface area contributed by atoms with E-state index in [9.17, 15) is 9.59 Å². The van der Waals surface area contributed by atoms with Gasteiger partial charge in [-0.25, -0.2) is 9.18 Å². The van der Waals surface area contributed by atoms with Crippen molar-refractivity contribution in [2.75, 3.05) is 43.6 Å². The molecular formula is C28H38FN3O4. The van der Waals surface area contributed by atoms with Crippen LogP contribution in [0.2, 0.25) is 0 Å². The van der Waals surface area contributed by atoms with Crippen molar-refractivity contribution in [2.24, 2.45) is 0 Å². The summed E-state index contributed by atoms with van der Waals surface area (Å²) in [4.78, 5) is 30.3. The summed E-state index contributed by atoms with van der Waals surface area (Å²) >= 11 is 0. The summed E-state index contributed by atoms with van der Waals surface area (Å²) < 4.78 is 26.2. The summed E-state index contributed by atoms with van der Waals surface area (Å²) in [6.07, 6.45) is 2.41. The van der Waals surface area contributed by atoms with Gasteiger partial charge in [0.1, 0.15) is 17.2 Å². The number of unbranched alkanes of at least 4 members (excludes halogenated alkanes) is 1. The highest BCUT2D eigenvalue weighted by Crippen LogP contribution is 2.29. The Morgan fingerprint density at radius 2 is 1.81 bits per heavy atom. The third-order valence-electron chi connectivity index (χ3n) is 6.22. The van der Waals surface area contributed by atoms with E-state index >= 15 is 4.39 Å². The number of carbonyl (C=O) groups excluding carboxylic acids is 2. The molecule has 0 N–H and O–H groups in total. The number of carbonyl (C=O) groups is 2. The average Bonchev–Trinajstić information content (AvgIpc) is 3.32. The molecule has 0 radical (unpaired) electrons. The van der Waals surface area contributed by atoms with Crippen LogP contribution < -0.4 is 14.5 Å². The van der Waals surface area contributed by atoms with Gasteiger partial charge in [-0.05, 0) is 76.1 Å². The SMILES string of the molecule is CCCCOc1ccc(C(=O)N(C)c2ccc(N3CCC(N(C)C(=O)OC(C)(C)C)C3)cc2F)cc1. The molecule has 0 aromatic heterocycles. The molecule has 36 heavy (non-hydrogen) atoms. The van der Waals surface area contributed by atoms with Crippen LogP contribution in [0.5, 0.6) is 5.75 Å². The van der Waals surface area contributed by atoms with Gasteiger partial charge < -0.3 is 24.2 Å². The topological polar surface area (TPSA) is 62.3 Å². The van der Waals surface area contributed by atoms with Crippen molar-refractivity contribution < 1.29 is 23.5 Å². The molecule has 0 spiro atoms. The van der Waals surface area contributed by atoms with Gasteiger partial charge in [-0.3, -0.25) is 4.79 Å². The van der Waals surface area contributed by atoms with Gasteiger partial charge in [0.2, 0.25) is 0 Å². The molecule has 0 aliphatic carbocycles. The number of amides is 2. The Morgan fingerprint density at radius 1 is 1.11 bits per heavy atom. The number of hydrogen-bond donors (Lipinski definition) is 0. The number of likely N-dealkylation sites (N-methyl/N-ethyl adjacent to an activating group) is 1. The smallest absolute Gasteiger partial charge is 0.410 e. The van der Waals surface area contributed by atoms with Crippen LogP contribution >= 0.6 is 0 Å². The third-order valence-corrected chi connectivity index (χ3v) is 6.22. The summed E-state index contributed by atoms with van der Waals surface area (Å²) in [5.74, 6) is -0.0757. The van der Waals surface area contributed by atoms with Crippen molar-refractivity contribution in [1.82, 2.24) is 4.90 Å². The first-order valence-electron chi connectivity index (χ1n) is 12.5. The second kappa shape index (κ2) is 11.6. The molecule has 2 amide bonds. The van der Waals surface area contributed by atoms with Crippen LogP contribution in [0.3, 0.4) is 0 Å². The Balaban J connectivity index is 1.63. The van der Waals surface area contributed by atoms with E-state index in [0.29, 0.717) is 36.7 Å². The van der Waals surface area contributed by atoms with Crippen LogP contribution in [-0.2, 0) is 4.74 Å². The second-order valence-corrected chi connectivity index (χ2v) is 10.2. The van der Waals surface area contributed by atoms with Crippen LogP contribution in [0, 0.1) is 5.82 Å². The summed E-state index contributed by atoms with van der Waals surface area (Å²) in [5.41, 5.74) is 0.812. The fourth-order valence-electron chi connectivity index (χ4n) is 4.07. The predicted octanol–water partition coefficient (Wildman–Crippen LogP) is 5.73. The zero-order chi connectivity index (χ0) is 26.5. The normalized spacial score (nSPS) is 15.5. The maximum absolute atomic E-state index is 15.1. The van der Waals surface area contributed by atoms with Crippen molar-refractivity contribution in [3.8, 4) is 5.75 Å². The largest absolute Gasteiger partial charge is 0.494 e. The van der Waals surface area contributed by atoms with Crippen molar-refractivity contribution in [3.63, 3.8) is 0 Å². The Kier molecular flexibility index (Phi) is 8.82. The van der Waals surface area contributed by atoms with Crippen molar-refractivity contribution in [1.29, 1.82) is 0 Å². The molecular weight excluding hydrogens is 461 g/mol. The fraction of sp³-hybridized carbons (Fsp3) is 0.500. The summed E-state index contributed by atoms with van der Waals surface area (Å²) in [7, 11) is 3.30. The van der Waals surface area contributed by atoms with E-state index in [0.717, 1.165) is 19.3 Å². The molecule has 1 heterocycles. The van der Waals surface area contributed by atoms with E-state index < -0.39 is 11.4 Å². The lowest BCUT2D eigenvalue weighted by Gasteiger charge is -2.29. The first-order valence-corrected chi connectivity index (χ1v) is 12.5. The van der Waals surface area contributed by atoms with E-state index in [2.05, 4.69) is 6.92 Å². The molecule has 2 aromatic rings. The summed E-state index contributed by atoms with van der Waals surface area (Å²) in [5, 5.41) is 0. The van der Waals surface area contributed by atoms with Crippen molar-refractivity contribution >= 4 is 23.4 Å². The molecule has 1 aliphatic rings. The zero-order valence-corrected chi connectivity index (χ0v) is 22.2. The highest BCUT2D eigenvalue weighted by Gasteiger charge is 2.31. The molecule has 2 aromatic carbocycles. The third kappa shape index (κ3) is 6.89. The number of halogens is 1. The molecule has 7 nitrogen and oxygen atoms in total. The maximum atomic E-state index is 15.1. The maximum Gasteiger partial charge on any atom is 0.410 e. The van der Waals surface area contributed by atoms with Gasteiger partial charge in [0, 0.05) is 38.4 Å². The van der Waals surface area contributed by atoms with Crippen molar-refractivity contribution in [3.05, 3.63) is 53.8 Å².